The molecule has 0 fully saturated rings. The van der Waals surface area contributed by atoms with Gasteiger partial charge >= 0.3 is 0 Å². The van der Waals surface area contributed by atoms with Crippen LogP contribution < -0.4 is 0 Å². The molecule has 0 aromatic rings. The molecule has 0 saturated heterocycles. The first-order chi connectivity index (χ1) is 3.91. The van der Waals surface area contributed by atoms with E-state index in [0.717, 1.165) is 6.42 Å². The zero-order chi connectivity index (χ0) is 6.24. The predicted molar refractivity (Wildman–Crippen MR) is 47.3 cm³/mol. The van der Waals surface area contributed by atoms with Crippen molar-refractivity contribution < 1.29 is 0 Å². The van der Waals surface area contributed by atoms with Crippen LogP contribution in [0.3, 0.4) is 0 Å². The number of unbranched alkanes of at least 4 members (excludes halogenated alkanes) is 4. The molecule has 0 spiro atoms. The van der Waals surface area contributed by atoms with Crippen molar-refractivity contribution >= 4 is 22.6 Å². The molecule has 0 atom stereocenters. The maximum absolute atomic E-state index is 3.78. The molecule has 0 saturated carbocycles. The quantitative estimate of drug-likeness (QED) is 0.383. The number of hydrogen-bond acceptors (Lipinski definition) is 0. The standard InChI is InChI=1S/C7H14I/c1-2-3-4-5-6-7-8/h1-7H2. The van der Waals surface area contributed by atoms with Crippen molar-refractivity contribution in [3.8, 4) is 0 Å². The molecule has 0 unspecified atom stereocenters. The summed E-state index contributed by atoms with van der Waals surface area (Å²) >= 11 is 2.42. The number of alkyl halides is 1. The fraction of sp³-hybridized carbons (Fsp3) is 0.857. The molecule has 0 heterocycles. The minimum absolute atomic E-state index is 1.11. The summed E-state index contributed by atoms with van der Waals surface area (Å²) in [6.07, 6.45) is 6.60. The summed E-state index contributed by atoms with van der Waals surface area (Å²) in [5, 5.41) is 0. The Morgan fingerprint density at radius 2 is 1.62 bits per heavy atom. The van der Waals surface area contributed by atoms with Gasteiger partial charge in [0.1, 0.15) is 0 Å². The second kappa shape index (κ2) is 7.73. The van der Waals surface area contributed by atoms with Crippen molar-refractivity contribution in [1.82, 2.24) is 0 Å². The van der Waals surface area contributed by atoms with Crippen molar-refractivity contribution in [3.05, 3.63) is 6.92 Å². The van der Waals surface area contributed by atoms with Gasteiger partial charge in [0.25, 0.3) is 0 Å². The third kappa shape index (κ3) is 6.73. The van der Waals surface area contributed by atoms with Crippen LogP contribution in [-0.2, 0) is 0 Å². The van der Waals surface area contributed by atoms with E-state index in [-0.39, 0.29) is 0 Å². The minimum Gasteiger partial charge on any atom is -0.0864 e. The molecule has 8 heavy (non-hydrogen) atoms. The van der Waals surface area contributed by atoms with E-state index in [4.69, 9.17) is 0 Å². The maximum Gasteiger partial charge on any atom is -0.000473 e. The van der Waals surface area contributed by atoms with Crippen molar-refractivity contribution in [3.63, 3.8) is 0 Å². The van der Waals surface area contributed by atoms with E-state index in [1.54, 1.807) is 0 Å². The van der Waals surface area contributed by atoms with Crippen LogP contribution in [0, 0.1) is 6.92 Å². The van der Waals surface area contributed by atoms with E-state index < -0.39 is 0 Å². The number of hydrogen-bond donors (Lipinski definition) is 0. The van der Waals surface area contributed by atoms with E-state index in [1.165, 1.54) is 30.1 Å². The third-order valence-electron chi connectivity index (χ3n) is 1.13. The molecular formula is C7H14I. The van der Waals surface area contributed by atoms with Gasteiger partial charge in [0.15, 0.2) is 0 Å². The Morgan fingerprint density at radius 1 is 1.00 bits per heavy atom. The Balaban J connectivity index is 2.53. The van der Waals surface area contributed by atoms with Gasteiger partial charge in [0, 0.05) is 0 Å². The Hall–Kier alpha value is 0.730. The monoisotopic (exact) mass is 225 g/mol. The summed E-state index contributed by atoms with van der Waals surface area (Å²) in [5.74, 6) is 0. The van der Waals surface area contributed by atoms with Crippen LogP contribution in [-0.4, -0.2) is 4.43 Å². The second-order valence-corrected chi connectivity index (χ2v) is 3.04. The average Bonchev–Trinajstić information content (AvgIpc) is 1.81. The van der Waals surface area contributed by atoms with Gasteiger partial charge in [0.2, 0.25) is 0 Å². The molecule has 0 aliphatic carbocycles. The lowest BCUT2D eigenvalue weighted by Gasteiger charge is -1.93. The largest absolute Gasteiger partial charge is 0.0864 e. The van der Waals surface area contributed by atoms with Crippen LogP contribution in [0.5, 0.6) is 0 Å². The lowest BCUT2D eigenvalue weighted by Crippen LogP contribution is -1.76. The van der Waals surface area contributed by atoms with Crippen LogP contribution in [0.15, 0.2) is 0 Å². The summed E-state index contributed by atoms with van der Waals surface area (Å²) in [6, 6.07) is 0. The molecule has 1 radical (unpaired) electrons. The third-order valence-corrected chi connectivity index (χ3v) is 1.90. The normalized spacial score (nSPS) is 9.75. The van der Waals surface area contributed by atoms with Gasteiger partial charge in [-0.1, -0.05) is 55.2 Å². The maximum atomic E-state index is 3.78. The molecule has 49 valence electrons. The summed E-state index contributed by atoms with van der Waals surface area (Å²) in [6.45, 7) is 3.78. The average molecular weight is 225 g/mol. The van der Waals surface area contributed by atoms with Crippen LogP contribution in [0.25, 0.3) is 0 Å². The van der Waals surface area contributed by atoms with Crippen molar-refractivity contribution in [2.45, 2.75) is 32.1 Å². The first kappa shape index (κ1) is 8.73. The highest BCUT2D eigenvalue weighted by molar-refractivity contribution is 14.1. The van der Waals surface area contributed by atoms with Gasteiger partial charge in [0.05, 0.1) is 0 Å². The van der Waals surface area contributed by atoms with E-state index in [9.17, 15) is 0 Å². The molecule has 0 nitrogen and oxygen atoms in total. The molecule has 0 bridgehead atoms. The molecule has 0 amide bonds. The highest BCUT2D eigenvalue weighted by Gasteiger charge is 1.84. The van der Waals surface area contributed by atoms with E-state index >= 15 is 0 Å². The van der Waals surface area contributed by atoms with Gasteiger partial charge in [-0.15, -0.1) is 0 Å². The highest BCUT2D eigenvalue weighted by atomic mass is 127. The van der Waals surface area contributed by atoms with Crippen LogP contribution >= 0.6 is 22.6 Å². The second-order valence-electron chi connectivity index (χ2n) is 1.96. The zero-order valence-electron chi connectivity index (χ0n) is 5.33. The van der Waals surface area contributed by atoms with Gasteiger partial charge in [-0.3, -0.25) is 0 Å². The Labute approximate surface area is 66.2 Å². The number of rotatable bonds is 5. The summed E-state index contributed by atoms with van der Waals surface area (Å²) in [5.41, 5.74) is 0. The SMILES string of the molecule is [CH2]CCCCCCI. The van der Waals surface area contributed by atoms with Crippen molar-refractivity contribution in [2.24, 2.45) is 0 Å². The Kier molecular flexibility index (Phi) is 8.44. The Morgan fingerprint density at radius 3 is 2.12 bits per heavy atom. The molecule has 0 aromatic heterocycles. The molecule has 0 aromatic carbocycles. The molecular weight excluding hydrogens is 211 g/mol. The minimum atomic E-state index is 1.11. The van der Waals surface area contributed by atoms with Crippen molar-refractivity contribution in [1.29, 1.82) is 0 Å². The van der Waals surface area contributed by atoms with Gasteiger partial charge < -0.3 is 0 Å². The highest BCUT2D eigenvalue weighted by Crippen LogP contribution is 2.03. The Bertz CT molecular complexity index is 29.4. The summed E-state index contributed by atoms with van der Waals surface area (Å²) < 4.78 is 1.31. The molecule has 0 aliphatic rings. The van der Waals surface area contributed by atoms with Gasteiger partial charge in [-0.25, -0.2) is 0 Å². The molecule has 0 N–H and O–H groups in total. The van der Waals surface area contributed by atoms with Crippen LogP contribution in [0.1, 0.15) is 32.1 Å². The lowest BCUT2D eigenvalue weighted by molar-refractivity contribution is 0.680. The molecule has 0 rings (SSSR count). The van der Waals surface area contributed by atoms with Gasteiger partial charge in [-0.05, 0) is 10.8 Å². The topological polar surface area (TPSA) is 0 Å². The summed E-state index contributed by atoms with van der Waals surface area (Å²) in [4.78, 5) is 0. The fourth-order valence-corrected chi connectivity index (χ4v) is 1.16. The van der Waals surface area contributed by atoms with E-state index in [0.29, 0.717) is 0 Å². The number of halogens is 1. The first-order valence-corrected chi connectivity index (χ1v) is 4.79. The fourth-order valence-electron chi connectivity index (χ4n) is 0.625. The van der Waals surface area contributed by atoms with Crippen LogP contribution in [0.2, 0.25) is 0 Å². The van der Waals surface area contributed by atoms with E-state index in [2.05, 4.69) is 29.5 Å². The summed E-state index contributed by atoms with van der Waals surface area (Å²) in [7, 11) is 0. The first-order valence-electron chi connectivity index (χ1n) is 3.27. The van der Waals surface area contributed by atoms with Crippen molar-refractivity contribution in [2.75, 3.05) is 4.43 Å². The van der Waals surface area contributed by atoms with Crippen LogP contribution in [0.4, 0.5) is 0 Å². The van der Waals surface area contributed by atoms with E-state index in [1.807, 2.05) is 0 Å². The molecule has 1 heteroatoms. The van der Waals surface area contributed by atoms with Gasteiger partial charge in [-0.2, -0.15) is 0 Å². The lowest BCUT2D eigenvalue weighted by atomic mass is 10.2. The smallest absolute Gasteiger partial charge is 0.000473 e. The molecule has 0 aliphatic heterocycles. The zero-order valence-corrected chi connectivity index (χ0v) is 7.49. The predicted octanol–water partition coefficient (Wildman–Crippen LogP) is 3.21.